The van der Waals surface area contributed by atoms with Gasteiger partial charge in [-0.05, 0) is 55.2 Å². The molecule has 1 fully saturated rings. The third-order valence-electron chi connectivity index (χ3n) is 5.91. The molecule has 1 amide bonds. The van der Waals surface area contributed by atoms with Gasteiger partial charge in [0.25, 0.3) is 0 Å². The number of ether oxygens (including phenoxy) is 2. The lowest BCUT2D eigenvalue weighted by atomic mass is 9.96. The highest BCUT2D eigenvalue weighted by Gasteiger charge is 2.31. The summed E-state index contributed by atoms with van der Waals surface area (Å²) in [6.07, 6.45) is 1.03. The zero-order valence-electron chi connectivity index (χ0n) is 17.9. The smallest absolute Gasteiger partial charge is 0.223 e. The standard InChI is InChI=1S/C23H27BrN2O5S/c1-16(19-4-7-21-22(14-19)31-13-12-30-21)25-23(27)18-8-10-26(11-9-18)32(28,29)15-17-2-5-20(24)6-3-17/h2-7,14,16,18H,8-13,15H2,1H3,(H,25,27)/t16-/m0/s1. The first-order valence-electron chi connectivity index (χ1n) is 10.7. The summed E-state index contributed by atoms with van der Waals surface area (Å²) in [5.74, 6) is 1.14. The molecule has 2 aromatic carbocycles. The number of hydrogen-bond acceptors (Lipinski definition) is 5. The van der Waals surface area contributed by atoms with Crippen molar-refractivity contribution in [3.05, 3.63) is 58.1 Å². The van der Waals surface area contributed by atoms with E-state index in [0.29, 0.717) is 44.9 Å². The largest absolute Gasteiger partial charge is 0.486 e. The second kappa shape index (κ2) is 9.80. The molecular weight excluding hydrogens is 496 g/mol. The lowest BCUT2D eigenvalue weighted by molar-refractivity contribution is -0.126. The number of nitrogens with one attached hydrogen (secondary N) is 1. The Labute approximate surface area is 197 Å². The molecule has 0 aromatic heterocycles. The highest BCUT2D eigenvalue weighted by atomic mass is 79.9. The topological polar surface area (TPSA) is 84.9 Å². The van der Waals surface area contributed by atoms with E-state index in [-0.39, 0.29) is 23.6 Å². The number of rotatable bonds is 6. The van der Waals surface area contributed by atoms with Crippen LogP contribution >= 0.6 is 15.9 Å². The molecule has 0 spiro atoms. The molecule has 0 aliphatic carbocycles. The quantitative estimate of drug-likeness (QED) is 0.625. The molecule has 0 bridgehead atoms. The van der Waals surface area contributed by atoms with Gasteiger partial charge in [0.1, 0.15) is 13.2 Å². The number of hydrogen-bond donors (Lipinski definition) is 1. The van der Waals surface area contributed by atoms with Crippen LogP contribution in [0.15, 0.2) is 46.9 Å². The van der Waals surface area contributed by atoms with E-state index in [4.69, 9.17) is 9.47 Å². The molecule has 2 aromatic rings. The van der Waals surface area contributed by atoms with Crippen molar-refractivity contribution in [3.8, 4) is 11.5 Å². The Kier molecular flexibility index (Phi) is 7.07. The maximum Gasteiger partial charge on any atom is 0.223 e. The first-order chi connectivity index (χ1) is 15.3. The van der Waals surface area contributed by atoms with Gasteiger partial charge in [0.05, 0.1) is 11.8 Å². The Morgan fingerprint density at radius 3 is 2.44 bits per heavy atom. The van der Waals surface area contributed by atoms with E-state index in [2.05, 4.69) is 21.2 Å². The van der Waals surface area contributed by atoms with Crippen LogP contribution in [-0.2, 0) is 20.6 Å². The minimum atomic E-state index is -3.41. The average molecular weight is 523 g/mol. The molecule has 172 valence electrons. The third kappa shape index (κ3) is 5.44. The van der Waals surface area contributed by atoms with Gasteiger partial charge in [-0.1, -0.05) is 34.1 Å². The maximum absolute atomic E-state index is 12.8. The first kappa shape index (κ1) is 23.1. The van der Waals surface area contributed by atoms with Crippen molar-refractivity contribution in [2.45, 2.75) is 31.6 Å². The summed E-state index contributed by atoms with van der Waals surface area (Å²) in [4.78, 5) is 12.8. The van der Waals surface area contributed by atoms with Gasteiger partial charge in [0.2, 0.25) is 15.9 Å². The minimum absolute atomic E-state index is 0.0295. The molecule has 0 unspecified atom stereocenters. The molecule has 1 saturated heterocycles. The van der Waals surface area contributed by atoms with E-state index in [9.17, 15) is 13.2 Å². The zero-order chi connectivity index (χ0) is 22.7. The van der Waals surface area contributed by atoms with E-state index in [1.54, 1.807) is 12.1 Å². The fourth-order valence-corrected chi connectivity index (χ4v) is 5.85. The Bertz CT molecular complexity index is 1070. The van der Waals surface area contributed by atoms with Crippen LogP contribution in [-0.4, -0.2) is 44.9 Å². The highest BCUT2D eigenvalue weighted by Crippen LogP contribution is 2.33. The number of fused-ring (bicyclic) bond motifs is 1. The van der Waals surface area contributed by atoms with Crippen LogP contribution in [0.1, 0.15) is 36.9 Å². The van der Waals surface area contributed by atoms with Crippen LogP contribution in [0.25, 0.3) is 0 Å². The van der Waals surface area contributed by atoms with Crippen molar-refractivity contribution >= 4 is 31.9 Å². The summed E-state index contributed by atoms with van der Waals surface area (Å²) in [6.45, 7) is 3.70. The van der Waals surface area contributed by atoms with Crippen LogP contribution in [0, 0.1) is 5.92 Å². The molecule has 0 saturated carbocycles. The summed E-state index contributed by atoms with van der Waals surface area (Å²) >= 11 is 3.36. The minimum Gasteiger partial charge on any atom is -0.486 e. The monoisotopic (exact) mass is 522 g/mol. The number of piperidine rings is 1. The fraction of sp³-hybridized carbons (Fsp3) is 0.435. The lowest BCUT2D eigenvalue weighted by Gasteiger charge is -2.31. The summed E-state index contributed by atoms with van der Waals surface area (Å²) < 4.78 is 39.2. The Morgan fingerprint density at radius 1 is 1.09 bits per heavy atom. The molecule has 2 aliphatic heterocycles. The molecule has 9 heteroatoms. The number of carbonyl (C=O) groups excluding carboxylic acids is 1. The number of amides is 1. The van der Waals surface area contributed by atoms with Crippen molar-refractivity contribution in [2.75, 3.05) is 26.3 Å². The fourth-order valence-electron chi connectivity index (χ4n) is 4.02. The van der Waals surface area contributed by atoms with Crippen molar-refractivity contribution in [1.82, 2.24) is 9.62 Å². The van der Waals surface area contributed by atoms with E-state index < -0.39 is 10.0 Å². The van der Waals surface area contributed by atoms with Gasteiger partial charge >= 0.3 is 0 Å². The molecule has 2 aliphatic rings. The zero-order valence-corrected chi connectivity index (χ0v) is 20.3. The van der Waals surface area contributed by atoms with E-state index in [1.165, 1.54) is 4.31 Å². The van der Waals surface area contributed by atoms with Crippen molar-refractivity contribution < 1.29 is 22.7 Å². The summed E-state index contributed by atoms with van der Waals surface area (Å²) in [6, 6.07) is 12.8. The van der Waals surface area contributed by atoms with Gasteiger partial charge in [-0.15, -0.1) is 0 Å². The van der Waals surface area contributed by atoms with E-state index in [1.807, 2.05) is 37.3 Å². The maximum atomic E-state index is 12.8. The van der Waals surface area contributed by atoms with Crippen LogP contribution in [0.3, 0.4) is 0 Å². The van der Waals surface area contributed by atoms with Crippen LogP contribution in [0.2, 0.25) is 0 Å². The second-order valence-corrected chi connectivity index (χ2v) is 11.1. The van der Waals surface area contributed by atoms with Crippen LogP contribution in [0.5, 0.6) is 11.5 Å². The second-order valence-electron chi connectivity index (χ2n) is 8.19. The molecule has 1 atom stereocenters. The SMILES string of the molecule is C[C@H](NC(=O)C1CCN(S(=O)(=O)Cc2ccc(Br)cc2)CC1)c1ccc2c(c1)OCCO2. The van der Waals surface area contributed by atoms with Gasteiger partial charge in [-0.3, -0.25) is 4.79 Å². The molecule has 2 heterocycles. The average Bonchev–Trinajstić information content (AvgIpc) is 2.80. The van der Waals surface area contributed by atoms with Crippen molar-refractivity contribution in [3.63, 3.8) is 0 Å². The Hall–Kier alpha value is -2.10. The Morgan fingerprint density at radius 2 is 1.75 bits per heavy atom. The van der Waals surface area contributed by atoms with Gasteiger partial charge < -0.3 is 14.8 Å². The molecule has 4 rings (SSSR count). The molecule has 7 nitrogen and oxygen atoms in total. The number of sulfonamides is 1. The predicted molar refractivity (Wildman–Crippen MR) is 125 cm³/mol. The molecule has 0 radical (unpaired) electrons. The van der Waals surface area contributed by atoms with Crippen LogP contribution in [0.4, 0.5) is 0 Å². The Balaban J connectivity index is 1.30. The summed E-state index contributed by atoms with van der Waals surface area (Å²) in [5, 5.41) is 3.06. The van der Waals surface area contributed by atoms with Crippen LogP contribution < -0.4 is 14.8 Å². The van der Waals surface area contributed by atoms with Gasteiger partial charge in [0, 0.05) is 23.5 Å². The first-order valence-corrected chi connectivity index (χ1v) is 13.1. The summed E-state index contributed by atoms with van der Waals surface area (Å²) in [7, 11) is -3.41. The summed E-state index contributed by atoms with van der Waals surface area (Å²) in [5.41, 5.74) is 1.69. The highest BCUT2D eigenvalue weighted by molar-refractivity contribution is 9.10. The van der Waals surface area contributed by atoms with E-state index >= 15 is 0 Å². The van der Waals surface area contributed by atoms with Crippen molar-refractivity contribution in [2.24, 2.45) is 5.92 Å². The number of nitrogens with zero attached hydrogens (tertiary/aromatic N) is 1. The number of carbonyl (C=O) groups is 1. The van der Waals surface area contributed by atoms with Gasteiger partial charge in [-0.2, -0.15) is 0 Å². The van der Waals surface area contributed by atoms with E-state index in [0.717, 1.165) is 21.3 Å². The molecular formula is C23H27BrN2O5S. The predicted octanol–water partition coefficient (Wildman–Crippen LogP) is 3.64. The van der Waals surface area contributed by atoms with Crippen molar-refractivity contribution in [1.29, 1.82) is 0 Å². The normalized spacial score (nSPS) is 18.2. The van der Waals surface area contributed by atoms with Gasteiger partial charge in [-0.25, -0.2) is 12.7 Å². The number of benzene rings is 2. The van der Waals surface area contributed by atoms with Gasteiger partial charge in [0.15, 0.2) is 11.5 Å². The number of halogens is 1. The third-order valence-corrected chi connectivity index (χ3v) is 8.28. The molecule has 1 N–H and O–H groups in total. The molecule has 32 heavy (non-hydrogen) atoms. The lowest BCUT2D eigenvalue weighted by Crippen LogP contribution is -2.43.